The fourth-order valence-electron chi connectivity index (χ4n) is 4.91. The minimum Gasteiger partial charge on any atom is -0.342 e. The first-order valence-corrected chi connectivity index (χ1v) is 10.3. The second-order valence-electron chi connectivity index (χ2n) is 8.57. The van der Waals surface area contributed by atoms with Crippen LogP contribution in [0.1, 0.15) is 70.6 Å². The number of terminal acetylenes is 1. The molecule has 2 saturated heterocycles. The van der Waals surface area contributed by atoms with Gasteiger partial charge in [-0.2, -0.15) is 10.2 Å². The van der Waals surface area contributed by atoms with Crippen molar-refractivity contribution in [3.63, 3.8) is 0 Å². The first kappa shape index (κ1) is 18.4. The molecule has 0 atom stereocenters. The van der Waals surface area contributed by atoms with Gasteiger partial charge in [-0.25, -0.2) is 0 Å². The van der Waals surface area contributed by atoms with E-state index in [1.54, 1.807) is 0 Å². The Bertz CT molecular complexity index is 675. The monoisotopic (exact) mass is 371 g/mol. The molecule has 3 heterocycles. The summed E-state index contributed by atoms with van der Waals surface area (Å²) in [7, 11) is 0. The summed E-state index contributed by atoms with van der Waals surface area (Å²) >= 11 is 0. The van der Waals surface area contributed by atoms with Crippen molar-refractivity contribution in [2.45, 2.75) is 87.5 Å². The summed E-state index contributed by atoms with van der Waals surface area (Å²) in [4.78, 5) is 27.2. The summed E-state index contributed by atoms with van der Waals surface area (Å²) in [6.45, 7) is 1.35. The molecule has 146 valence electrons. The van der Waals surface area contributed by atoms with E-state index >= 15 is 0 Å². The van der Waals surface area contributed by atoms with Crippen LogP contribution in [0, 0.1) is 12.3 Å². The van der Waals surface area contributed by atoms with E-state index in [0.717, 1.165) is 44.9 Å². The lowest BCUT2D eigenvalue weighted by Crippen LogP contribution is -2.60. The van der Waals surface area contributed by atoms with Crippen LogP contribution in [0.2, 0.25) is 0 Å². The van der Waals surface area contributed by atoms with Gasteiger partial charge in [-0.05, 0) is 12.8 Å². The lowest BCUT2D eigenvalue weighted by atomic mass is 9.81. The highest BCUT2D eigenvalue weighted by molar-refractivity contribution is 5.89. The zero-order valence-electron chi connectivity index (χ0n) is 15.9. The number of amides is 2. The van der Waals surface area contributed by atoms with Gasteiger partial charge < -0.3 is 10.2 Å². The predicted molar refractivity (Wildman–Crippen MR) is 101 cm³/mol. The number of nitrogens with one attached hydrogen (secondary N) is 2. The molecule has 2 N–H and O–H groups in total. The average Bonchev–Trinajstić information content (AvgIpc) is 3.41. The number of hydrogen-bond donors (Lipinski definition) is 2. The van der Waals surface area contributed by atoms with E-state index < -0.39 is 5.66 Å². The Balaban J connectivity index is 1.27. The molecule has 0 radical (unpaired) electrons. The molecule has 4 aliphatic rings. The maximum atomic E-state index is 12.7. The van der Waals surface area contributed by atoms with Crippen LogP contribution < -0.4 is 10.6 Å². The number of rotatable bonds is 5. The molecule has 1 aliphatic carbocycles. The maximum absolute atomic E-state index is 12.7. The number of likely N-dealkylation sites (tertiary alicyclic amines) is 1. The molecule has 3 aliphatic heterocycles. The van der Waals surface area contributed by atoms with E-state index in [1.165, 1.54) is 6.42 Å². The van der Waals surface area contributed by atoms with Crippen LogP contribution in [0.25, 0.3) is 0 Å². The van der Waals surface area contributed by atoms with Gasteiger partial charge in [0.25, 0.3) is 0 Å². The molecule has 0 bridgehead atoms. The fourth-order valence-corrected chi connectivity index (χ4v) is 4.91. The van der Waals surface area contributed by atoms with Crippen LogP contribution in [-0.4, -0.2) is 46.7 Å². The van der Waals surface area contributed by atoms with Crippen LogP contribution in [0.5, 0.6) is 0 Å². The highest BCUT2D eigenvalue weighted by atomic mass is 16.2. The zero-order chi connectivity index (χ0) is 19.0. The second-order valence-corrected chi connectivity index (χ2v) is 8.57. The standard InChI is InChI=1S/C20H29N5O2/c1-2-3-10-20(23-24-20)11-7-16(26)25-14-12-19(13-15-25)21-17(27)18(22-19)8-5-4-6-9-18/h1,22H,3-15H2,(H,21,27). The van der Waals surface area contributed by atoms with Gasteiger partial charge in [0.05, 0.1) is 11.2 Å². The minimum atomic E-state index is -0.395. The molecule has 0 aromatic rings. The summed E-state index contributed by atoms with van der Waals surface area (Å²) in [5.41, 5.74) is -1.10. The summed E-state index contributed by atoms with van der Waals surface area (Å²) in [6, 6.07) is 0. The van der Waals surface area contributed by atoms with Gasteiger partial charge >= 0.3 is 0 Å². The number of carbonyl (C=O) groups excluding carboxylic acids is 2. The molecule has 2 spiro atoms. The normalized spacial score (nSPS) is 26.8. The van der Waals surface area contributed by atoms with Crippen molar-refractivity contribution in [3.8, 4) is 12.3 Å². The number of hydrogen-bond acceptors (Lipinski definition) is 5. The van der Waals surface area contributed by atoms with E-state index in [0.29, 0.717) is 32.4 Å². The Morgan fingerprint density at radius 1 is 1.11 bits per heavy atom. The van der Waals surface area contributed by atoms with Crippen LogP contribution >= 0.6 is 0 Å². The molecule has 3 fully saturated rings. The number of carbonyl (C=O) groups is 2. The first-order valence-electron chi connectivity index (χ1n) is 10.3. The third kappa shape index (κ3) is 3.60. The Labute approximate surface area is 160 Å². The van der Waals surface area contributed by atoms with Gasteiger partial charge in [-0.15, -0.1) is 12.3 Å². The number of nitrogens with zero attached hydrogens (tertiary/aromatic N) is 3. The third-order valence-electron chi connectivity index (χ3n) is 6.73. The third-order valence-corrected chi connectivity index (χ3v) is 6.73. The molecular formula is C20H29N5O2. The first-order chi connectivity index (χ1) is 13.0. The van der Waals surface area contributed by atoms with Crippen molar-refractivity contribution in [3.05, 3.63) is 0 Å². The maximum Gasteiger partial charge on any atom is 0.241 e. The smallest absolute Gasteiger partial charge is 0.241 e. The highest BCUT2D eigenvalue weighted by Gasteiger charge is 2.54. The van der Waals surface area contributed by atoms with Crippen molar-refractivity contribution in [1.29, 1.82) is 0 Å². The SMILES string of the molecule is C#CCCC1(CCC(=O)N2CCC3(CC2)NC(=O)C2(CCCCC2)N3)N=N1. The predicted octanol–water partition coefficient (Wildman–Crippen LogP) is 2.08. The summed E-state index contributed by atoms with van der Waals surface area (Å²) in [5.74, 6) is 2.93. The topological polar surface area (TPSA) is 86.2 Å². The summed E-state index contributed by atoms with van der Waals surface area (Å²) in [5, 5.41) is 15.1. The van der Waals surface area contributed by atoms with Crippen molar-refractivity contribution in [2.75, 3.05) is 13.1 Å². The highest BCUT2D eigenvalue weighted by Crippen LogP contribution is 2.39. The largest absolute Gasteiger partial charge is 0.342 e. The van der Waals surface area contributed by atoms with E-state index in [1.807, 2.05) is 4.90 Å². The van der Waals surface area contributed by atoms with Gasteiger partial charge in [-0.1, -0.05) is 19.3 Å². The minimum absolute atomic E-state index is 0.152. The van der Waals surface area contributed by atoms with Gasteiger partial charge in [0.15, 0.2) is 5.66 Å². The molecule has 0 unspecified atom stereocenters. The van der Waals surface area contributed by atoms with Gasteiger partial charge in [0.2, 0.25) is 11.8 Å². The Morgan fingerprint density at radius 3 is 2.44 bits per heavy atom. The zero-order valence-corrected chi connectivity index (χ0v) is 15.9. The van der Waals surface area contributed by atoms with Crippen LogP contribution in [0.4, 0.5) is 0 Å². The van der Waals surface area contributed by atoms with Crippen LogP contribution in [-0.2, 0) is 9.59 Å². The van der Waals surface area contributed by atoms with Gasteiger partial charge in [-0.3, -0.25) is 14.9 Å². The quantitative estimate of drug-likeness (QED) is 0.726. The molecule has 1 saturated carbocycles. The van der Waals surface area contributed by atoms with E-state index in [2.05, 4.69) is 26.8 Å². The molecule has 4 rings (SSSR count). The fraction of sp³-hybridized carbons (Fsp3) is 0.800. The molecular weight excluding hydrogens is 342 g/mol. The van der Waals surface area contributed by atoms with Crippen LogP contribution in [0.3, 0.4) is 0 Å². The Hall–Kier alpha value is -1.94. The molecule has 7 nitrogen and oxygen atoms in total. The molecule has 7 heteroatoms. The Kier molecular flexibility index (Phi) is 4.71. The lowest BCUT2D eigenvalue weighted by molar-refractivity contribution is -0.133. The number of piperidine rings is 1. The van der Waals surface area contributed by atoms with Crippen molar-refractivity contribution in [1.82, 2.24) is 15.5 Å². The summed E-state index contributed by atoms with van der Waals surface area (Å²) < 4.78 is 0. The van der Waals surface area contributed by atoms with E-state index in [-0.39, 0.29) is 23.0 Å². The molecule has 0 aromatic heterocycles. The second kappa shape index (κ2) is 6.90. The van der Waals surface area contributed by atoms with Gasteiger partial charge in [0.1, 0.15) is 0 Å². The Morgan fingerprint density at radius 2 is 1.81 bits per heavy atom. The molecule has 0 aromatic carbocycles. The van der Waals surface area contributed by atoms with E-state index in [4.69, 9.17) is 6.42 Å². The van der Waals surface area contributed by atoms with Crippen molar-refractivity contribution in [2.24, 2.45) is 10.2 Å². The lowest BCUT2D eigenvalue weighted by Gasteiger charge is -2.41. The van der Waals surface area contributed by atoms with Gasteiger partial charge in [0, 0.05) is 51.6 Å². The molecule has 2 amide bonds. The van der Waals surface area contributed by atoms with E-state index in [9.17, 15) is 9.59 Å². The van der Waals surface area contributed by atoms with Crippen LogP contribution in [0.15, 0.2) is 10.2 Å². The van der Waals surface area contributed by atoms with Crippen molar-refractivity contribution >= 4 is 11.8 Å². The summed E-state index contributed by atoms with van der Waals surface area (Å²) in [6.07, 6.45) is 14.6. The van der Waals surface area contributed by atoms with Crippen molar-refractivity contribution < 1.29 is 9.59 Å². The average molecular weight is 371 g/mol. The molecule has 27 heavy (non-hydrogen) atoms.